The number of carbonyl (C=O) groups excluding carboxylic acids is 3. The maximum atomic E-state index is 11.6. The van der Waals surface area contributed by atoms with Gasteiger partial charge in [0.1, 0.15) is 11.8 Å². The van der Waals surface area contributed by atoms with Gasteiger partial charge in [0.15, 0.2) is 34.6 Å². The Morgan fingerprint density at radius 1 is 0.806 bits per heavy atom. The second-order valence-corrected chi connectivity index (χ2v) is 6.44. The number of rotatable bonds is 11. The van der Waals surface area contributed by atoms with Gasteiger partial charge in [0.25, 0.3) is 11.4 Å². The number of nitrogens with zero attached hydrogens (tertiary/aromatic N) is 2. The highest BCUT2D eigenvalue weighted by Gasteiger charge is 2.24. The first-order chi connectivity index (χ1) is 17.1. The summed E-state index contributed by atoms with van der Waals surface area (Å²) in [5.74, 6) is -0.668. The number of Topliss-reactive ketones (excluding diaryl/α,β-unsaturated/α-hetero) is 1. The lowest BCUT2D eigenvalue weighted by Crippen LogP contribution is -2.06. The zero-order valence-electron chi connectivity index (χ0n) is 19.6. The van der Waals surface area contributed by atoms with Crippen LogP contribution in [-0.4, -0.2) is 61.2 Å². The van der Waals surface area contributed by atoms with Gasteiger partial charge in [0, 0.05) is 18.2 Å². The Hall–Kier alpha value is -5.01. The van der Waals surface area contributed by atoms with Gasteiger partial charge in [0.2, 0.25) is 0 Å². The van der Waals surface area contributed by atoms with Crippen molar-refractivity contribution in [1.29, 1.82) is 0 Å². The normalized spacial score (nSPS) is 10.0. The molecule has 0 spiro atoms. The Balaban J connectivity index is 0.000000360. The van der Waals surface area contributed by atoms with Crippen LogP contribution in [0.15, 0.2) is 36.6 Å². The quantitative estimate of drug-likeness (QED) is 0.0890. The number of ketones is 2. The van der Waals surface area contributed by atoms with E-state index in [0.29, 0.717) is 12.5 Å². The summed E-state index contributed by atoms with van der Waals surface area (Å²) < 4.78 is 19.7. The van der Waals surface area contributed by atoms with Crippen LogP contribution in [0.2, 0.25) is 0 Å². The highest BCUT2D eigenvalue weighted by Crippen LogP contribution is 2.35. The minimum absolute atomic E-state index is 0.145. The molecule has 2 rings (SSSR count). The summed E-state index contributed by atoms with van der Waals surface area (Å²) in [6.45, 7) is 0. The highest BCUT2D eigenvalue weighted by molar-refractivity contribution is 6.08. The fourth-order valence-electron chi connectivity index (χ4n) is 2.80. The van der Waals surface area contributed by atoms with E-state index in [9.17, 15) is 34.6 Å². The molecule has 2 aromatic rings. The minimum atomic E-state index is -0.708. The van der Waals surface area contributed by atoms with Crippen molar-refractivity contribution in [2.45, 2.75) is 6.42 Å². The van der Waals surface area contributed by atoms with Gasteiger partial charge in [-0.3, -0.25) is 29.8 Å². The standard InChI is InChI=1S/2C11H11NO6/c2*1-17-10-5-7(9(14)3-4-13)8(12(15)16)6-11(10)18-2/h4-6H,3H2,1-2H3;3-6,13H,1-2H3/b;4-3+. The fraction of sp³-hybridized carbons (Fsp3) is 0.227. The van der Waals surface area contributed by atoms with Crippen molar-refractivity contribution >= 4 is 29.2 Å². The molecule has 2 aromatic carbocycles. The SMILES string of the molecule is COc1cc(C(=O)/C=C/O)c([N+](=O)[O-])cc1OC.COc1cc(C(=O)CC=O)c([N+](=O)[O-])cc1OC. The largest absolute Gasteiger partial charge is 0.515 e. The van der Waals surface area contributed by atoms with Crippen LogP contribution in [0, 0.1) is 20.2 Å². The van der Waals surface area contributed by atoms with E-state index < -0.39 is 39.2 Å². The monoisotopic (exact) mass is 506 g/mol. The second kappa shape index (κ2) is 13.6. The summed E-state index contributed by atoms with van der Waals surface area (Å²) in [7, 11) is 5.35. The zero-order valence-corrected chi connectivity index (χ0v) is 19.6. The Labute approximate surface area is 203 Å². The van der Waals surface area contributed by atoms with Crippen molar-refractivity contribution in [3.8, 4) is 23.0 Å². The molecule has 14 nitrogen and oxygen atoms in total. The predicted molar refractivity (Wildman–Crippen MR) is 124 cm³/mol. The van der Waals surface area contributed by atoms with Gasteiger partial charge in [-0.1, -0.05) is 0 Å². The summed E-state index contributed by atoms with van der Waals surface area (Å²) in [6.07, 6.45) is 1.30. The molecule has 0 bridgehead atoms. The van der Waals surface area contributed by atoms with E-state index in [0.717, 1.165) is 18.2 Å². The summed E-state index contributed by atoms with van der Waals surface area (Å²) in [5, 5.41) is 30.3. The van der Waals surface area contributed by atoms with E-state index in [1.807, 2.05) is 0 Å². The van der Waals surface area contributed by atoms with E-state index in [-0.39, 0.29) is 34.1 Å². The van der Waals surface area contributed by atoms with Crippen LogP contribution in [0.25, 0.3) is 0 Å². The van der Waals surface area contributed by atoms with Gasteiger partial charge in [0.05, 0.1) is 68.7 Å². The van der Waals surface area contributed by atoms with Gasteiger partial charge in [-0.2, -0.15) is 0 Å². The molecule has 0 heterocycles. The maximum absolute atomic E-state index is 11.6. The van der Waals surface area contributed by atoms with Gasteiger partial charge >= 0.3 is 0 Å². The van der Waals surface area contributed by atoms with Gasteiger partial charge in [-0.25, -0.2) is 0 Å². The Kier molecular flexibility index (Phi) is 11.0. The predicted octanol–water partition coefficient (Wildman–Crippen LogP) is 3.25. The molecule has 0 aliphatic rings. The van der Waals surface area contributed by atoms with E-state index in [1.165, 1.54) is 40.6 Å². The third-order valence-electron chi connectivity index (χ3n) is 4.46. The number of aldehydes is 1. The lowest BCUT2D eigenvalue weighted by atomic mass is 10.1. The smallest absolute Gasteiger partial charge is 0.284 e. The highest BCUT2D eigenvalue weighted by atomic mass is 16.6. The molecule has 192 valence electrons. The molecular weight excluding hydrogens is 484 g/mol. The number of hydrogen-bond acceptors (Lipinski definition) is 12. The number of nitro benzene ring substituents is 2. The number of methoxy groups -OCH3 is 4. The van der Waals surface area contributed by atoms with E-state index >= 15 is 0 Å². The van der Waals surface area contributed by atoms with Crippen LogP contribution in [0.5, 0.6) is 23.0 Å². The fourth-order valence-corrected chi connectivity index (χ4v) is 2.80. The van der Waals surface area contributed by atoms with Crippen molar-refractivity contribution in [3.05, 3.63) is 68.0 Å². The molecule has 36 heavy (non-hydrogen) atoms. The van der Waals surface area contributed by atoms with Crippen molar-refractivity contribution < 1.29 is 48.3 Å². The number of carbonyl (C=O) groups is 3. The average Bonchev–Trinajstić information content (AvgIpc) is 2.87. The van der Waals surface area contributed by atoms with Crippen molar-refractivity contribution in [3.63, 3.8) is 0 Å². The summed E-state index contributed by atoms with van der Waals surface area (Å²) >= 11 is 0. The first-order valence-corrected chi connectivity index (χ1v) is 9.72. The Morgan fingerprint density at radius 3 is 1.56 bits per heavy atom. The number of hydrogen-bond donors (Lipinski definition) is 1. The number of aliphatic hydroxyl groups is 1. The first kappa shape index (κ1) is 29.0. The molecule has 0 fully saturated rings. The van der Waals surface area contributed by atoms with Crippen molar-refractivity contribution in [1.82, 2.24) is 0 Å². The van der Waals surface area contributed by atoms with Crippen LogP contribution in [0.1, 0.15) is 27.1 Å². The molecule has 14 heteroatoms. The number of benzene rings is 2. The Morgan fingerprint density at radius 2 is 1.19 bits per heavy atom. The van der Waals surface area contributed by atoms with Crippen LogP contribution < -0.4 is 18.9 Å². The number of ether oxygens (including phenoxy) is 4. The van der Waals surface area contributed by atoms with E-state index in [1.54, 1.807) is 0 Å². The summed E-state index contributed by atoms with van der Waals surface area (Å²) in [5.41, 5.74) is -1.21. The first-order valence-electron chi connectivity index (χ1n) is 9.72. The summed E-state index contributed by atoms with van der Waals surface area (Å²) in [6, 6.07) is 4.58. The van der Waals surface area contributed by atoms with E-state index in [2.05, 4.69) is 0 Å². The summed E-state index contributed by atoms with van der Waals surface area (Å²) in [4.78, 5) is 53.8. The van der Waals surface area contributed by atoms with Crippen molar-refractivity contribution in [2.24, 2.45) is 0 Å². The van der Waals surface area contributed by atoms with Gasteiger partial charge in [-0.15, -0.1) is 0 Å². The van der Waals surface area contributed by atoms with Crippen LogP contribution >= 0.6 is 0 Å². The second-order valence-electron chi connectivity index (χ2n) is 6.44. The molecule has 0 aromatic heterocycles. The van der Waals surface area contributed by atoms with Crippen molar-refractivity contribution in [2.75, 3.05) is 28.4 Å². The molecule has 0 saturated carbocycles. The minimum Gasteiger partial charge on any atom is -0.515 e. The zero-order chi connectivity index (χ0) is 27.4. The van der Waals surface area contributed by atoms with Gasteiger partial charge < -0.3 is 28.8 Å². The third kappa shape index (κ3) is 6.99. The molecule has 0 aliphatic heterocycles. The maximum Gasteiger partial charge on any atom is 0.284 e. The van der Waals surface area contributed by atoms with E-state index in [4.69, 9.17) is 24.1 Å². The molecule has 1 N–H and O–H groups in total. The van der Waals surface area contributed by atoms with Crippen LogP contribution in [0.4, 0.5) is 11.4 Å². The topological polar surface area (TPSA) is 195 Å². The molecule has 0 radical (unpaired) electrons. The average molecular weight is 506 g/mol. The number of allylic oxidation sites excluding steroid dienone is 1. The molecule has 0 unspecified atom stereocenters. The lowest BCUT2D eigenvalue weighted by molar-refractivity contribution is -0.385. The number of nitro groups is 2. The lowest BCUT2D eigenvalue weighted by Gasteiger charge is -2.09. The molecule has 0 amide bonds. The molecule has 0 aliphatic carbocycles. The molecule has 0 atom stereocenters. The Bertz CT molecular complexity index is 1190. The third-order valence-corrected chi connectivity index (χ3v) is 4.46. The van der Waals surface area contributed by atoms with Crippen LogP contribution in [-0.2, 0) is 4.79 Å². The molecular formula is C22H22N2O12. The van der Waals surface area contributed by atoms with Crippen LogP contribution in [0.3, 0.4) is 0 Å². The van der Waals surface area contributed by atoms with Gasteiger partial charge in [-0.05, 0) is 0 Å². The number of aliphatic hydroxyl groups excluding tert-OH is 1. The molecule has 0 saturated heterocycles.